The topological polar surface area (TPSA) is 83.5 Å². The Morgan fingerprint density at radius 3 is 1.35 bits per heavy atom. The molecular weight excluding hydrogens is 448 g/mol. The normalized spacial score (nSPS) is 12.5. The van der Waals surface area contributed by atoms with E-state index in [-0.39, 0.29) is 34.3 Å². The van der Waals surface area contributed by atoms with E-state index in [2.05, 4.69) is 53.7 Å². The van der Waals surface area contributed by atoms with Gasteiger partial charge >= 0.3 is 5.97 Å². The fourth-order valence-electron chi connectivity index (χ4n) is 4.20. The minimum absolute atomic E-state index is 0.115. The first kappa shape index (κ1) is 28.1. The number of benzene rings is 2. The molecule has 0 radical (unpaired) electrons. The third kappa shape index (κ3) is 6.08. The van der Waals surface area contributed by atoms with Crippen molar-refractivity contribution in [2.24, 2.45) is 0 Å². The highest BCUT2D eigenvalue weighted by atomic mass is 32.2. The lowest BCUT2D eigenvalue weighted by Gasteiger charge is -2.24. The highest BCUT2D eigenvalue weighted by Gasteiger charge is 2.26. The Morgan fingerprint density at radius 2 is 1.06 bits per heavy atom. The third-order valence-electron chi connectivity index (χ3n) is 6.16. The van der Waals surface area contributed by atoms with Gasteiger partial charge in [-0.2, -0.15) is 0 Å². The molecule has 0 heterocycles. The Labute approximate surface area is 205 Å². The quantitative estimate of drug-likeness (QED) is 0.220. The van der Waals surface area contributed by atoms with Crippen LogP contribution in [0, 0.1) is 0 Å². The van der Waals surface area contributed by atoms with Crippen LogP contribution in [0.2, 0.25) is 0 Å². The maximum Gasteiger partial charge on any atom is 0.344 e. The molecule has 5 nitrogen and oxygen atoms in total. The molecule has 0 aliphatic heterocycles. The van der Waals surface area contributed by atoms with Gasteiger partial charge in [-0.25, -0.2) is 13.2 Å². The number of carbonyl (C=O) groups excluding carboxylic acids is 1. The molecule has 6 heteroatoms. The van der Waals surface area contributed by atoms with E-state index in [0.29, 0.717) is 22.6 Å². The predicted octanol–water partition coefficient (Wildman–Crippen LogP) is 7.43. The molecule has 0 aromatic heterocycles. The fraction of sp³-hybridized carbons (Fsp3) is 0.536. The van der Waals surface area contributed by atoms with Crippen LogP contribution in [-0.2, 0) is 10.1 Å². The third-order valence-corrected chi connectivity index (χ3v) is 7.13. The lowest BCUT2D eigenvalue weighted by molar-refractivity contribution is 0.0731. The van der Waals surface area contributed by atoms with Gasteiger partial charge in [-0.3, -0.25) is 0 Å². The Balaban J connectivity index is 2.73. The molecule has 0 aliphatic carbocycles. The number of hydrogen-bond acceptors (Lipinski definition) is 5. The Morgan fingerprint density at radius 1 is 0.676 bits per heavy atom. The minimum atomic E-state index is -4.69. The Hall–Kier alpha value is -2.18. The maximum atomic E-state index is 13.6. The van der Waals surface area contributed by atoms with Crippen molar-refractivity contribution in [2.45, 2.75) is 104 Å². The van der Waals surface area contributed by atoms with Gasteiger partial charge in [-0.05, 0) is 69.5 Å². The summed E-state index contributed by atoms with van der Waals surface area (Å²) in [7, 11) is -4.69. The lowest BCUT2D eigenvalue weighted by atomic mass is 9.84. The van der Waals surface area contributed by atoms with E-state index in [9.17, 15) is 17.8 Å². The molecular formula is C28H39O5S-. The van der Waals surface area contributed by atoms with Crippen molar-refractivity contribution in [1.29, 1.82) is 0 Å². The molecule has 0 bridgehead atoms. The molecule has 34 heavy (non-hydrogen) atoms. The van der Waals surface area contributed by atoms with Crippen molar-refractivity contribution in [3.8, 4) is 5.75 Å². The van der Waals surface area contributed by atoms with E-state index in [1.54, 1.807) is 0 Å². The highest BCUT2D eigenvalue weighted by molar-refractivity contribution is 7.85. The summed E-state index contributed by atoms with van der Waals surface area (Å²) in [6.07, 6.45) is 0. The number of rotatable bonds is 8. The van der Waals surface area contributed by atoms with Crippen LogP contribution in [-0.4, -0.2) is 18.9 Å². The van der Waals surface area contributed by atoms with Crippen LogP contribution in [0.3, 0.4) is 0 Å². The van der Waals surface area contributed by atoms with Crippen molar-refractivity contribution < 1.29 is 22.5 Å². The standard InChI is InChI=1S/C28H40O5S/c1-15(2)20-11-22(16(3)4)26(23(12-20)17(5)6)28(29)33-21-13-24(18(7)8)27(34(30,31)32)25(14-21)19(9)10/h11-19H,1-10H3,(H,30,31,32)/p-1. The zero-order chi connectivity index (χ0) is 26.1. The summed E-state index contributed by atoms with van der Waals surface area (Å²) < 4.78 is 42.2. The summed E-state index contributed by atoms with van der Waals surface area (Å²) in [4.78, 5) is 13.4. The summed E-state index contributed by atoms with van der Waals surface area (Å²) in [5, 5.41) is 0. The van der Waals surface area contributed by atoms with Crippen LogP contribution in [0.5, 0.6) is 5.75 Å². The van der Waals surface area contributed by atoms with Gasteiger partial charge in [0, 0.05) is 0 Å². The average molecular weight is 488 g/mol. The van der Waals surface area contributed by atoms with Crippen LogP contribution in [0.15, 0.2) is 29.2 Å². The Kier molecular flexibility index (Phi) is 8.76. The van der Waals surface area contributed by atoms with Gasteiger partial charge in [0.2, 0.25) is 0 Å². The van der Waals surface area contributed by atoms with Gasteiger partial charge in [0.25, 0.3) is 0 Å². The minimum Gasteiger partial charge on any atom is -0.744 e. The van der Waals surface area contributed by atoms with Crippen LogP contribution in [0.25, 0.3) is 0 Å². The molecule has 0 saturated carbocycles. The van der Waals surface area contributed by atoms with Crippen LogP contribution < -0.4 is 4.74 Å². The van der Waals surface area contributed by atoms with Gasteiger partial charge in [0.15, 0.2) is 0 Å². The van der Waals surface area contributed by atoms with E-state index >= 15 is 0 Å². The molecule has 0 atom stereocenters. The second-order valence-corrected chi connectivity index (χ2v) is 11.9. The molecule has 2 rings (SSSR count). The highest BCUT2D eigenvalue weighted by Crippen LogP contribution is 2.37. The van der Waals surface area contributed by atoms with Gasteiger partial charge in [0.05, 0.1) is 10.5 Å². The zero-order valence-corrected chi connectivity index (χ0v) is 23.0. The predicted molar refractivity (Wildman–Crippen MR) is 136 cm³/mol. The Bertz CT molecular complexity index is 1100. The second kappa shape index (κ2) is 10.6. The van der Waals surface area contributed by atoms with Crippen molar-refractivity contribution in [3.05, 3.63) is 57.6 Å². The summed E-state index contributed by atoms with van der Waals surface area (Å²) in [5.74, 6) is -0.139. The smallest absolute Gasteiger partial charge is 0.344 e. The van der Waals surface area contributed by atoms with E-state index < -0.39 is 16.1 Å². The van der Waals surface area contributed by atoms with Crippen molar-refractivity contribution in [3.63, 3.8) is 0 Å². The summed E-state index contributed by atoms with van der Waals surface area (Å²) in [6.45, 7) is 19.8. The molecule has 0 unspecified atom stereocenters. The molecule has 0 amide bonds. The van der Waals surface area contributed by atoms with Crippen molar-refractivity contribution >= 4 is 16.1 Å². The van der Waals surface area contributed by atoms with Gasteiger partial charge in [0.1, 0.15) is 15.9 Å². The maximum absolute atomic E-state index is 13.6. The van der Waals surface area contributed by atoms with Gasteiger partial charge in [-0.1, -0.05) is 81.4 Å². The first-order chi connectivity index (χ1) is 15.6. The molecule has 0 N–H and O–H groups in total. The molecule has 0 fully saturated rings. The van der Waals surface area contributed by atoms with Crippen LogP contribution in [0.4, 0.5) is 0 Å². The number of carbonyl (C=O) groups is 1. The first-order valence-corrected chi connectivity index (χ1v) is 13.5. The molecule has 0 aliphatic rings. The average Bonchev–Trinajstić information content (AvgIpc) is 2.70. The van der Waals surface area contributed by atoms with E-state index in [1.165, 1.54) is 17.7 Å². The SMILES string of the molecule is CC(C)c1cc(C(C)C)c(C(=O)Oc2cc(C(C)C)c(S(=O)(=O)[O-])c(C(C)C)c2)c(C(C)C)c1. The fourth-order valence-corrected chi connectivity index (χ4v) is 5.37. The van der Waals surface area contributed by atoms with Crippen LogP contribution in [0.1, 0.15) is 137 Å². The zero-order valence-electron chi connectivity index (χ0n) is 22.1. The van der Waals surface area contributed by atoms with Crippen molar-refractivity contribution in [1.82, 2.24) is 0 Å². The first-order valence-electron chi connectivity index (χ1n) is 12.1. The number of hydrogen-bond donors (Lipinski definition) is 0. The van der Waals surface area contributed by atoms with E-state index in [4.69, 9.17) is 4.74 Å². The van der Waals surface area contributed by atoms with E-state index in [0.717, 1.165) is 11.1 Å². The largest absolute Gasteiger partial charge is 0.744 e. The van der Waals surface area contributed by atoms with E-state index in [1.807, 2.05) is 27.7 Å². The van der Waals surface area contributed by atoms with Gasteiger partial charge in [-0.15, -0.1) is 0 Å². The molecule has 0 saturated heterocycles. The van der Waals surface area contributed by atoms with Gasteiger partial charge < -0.3 is 9.29 Å². The summed E-state index contributed by atoms with van der Waals surface area (Å²) in [6, 6.07) is 7.21. The number of ether oxygens (including phenoxy) is 1. The molecule has 0 spiro atoms. The molecule has 188 valence electrons. The lowest BCUT2D eigenvalue weighted by Crippen LogP contribution is -2.18. The van der Waals surface area contributed by atoms with Crippen LogP contribution >= 0.6 is 0 Å². The number of esters is 1. The monoisotopic (exact) mass is 487 g/mol. The van der Waals surface area contributed by atoms with Crippen molar-refractivity contribution in [2.75, 3.05) is 0 Å². The summed E-state index contributed by atoms with van der Waals surface area (Å²) in [5.41, 5.74) is 4.35. The molecule has 2 aromatic rings. The summed E-state index contributed by atoms with van der Waals surface area (Å²) >= 11 is 0. The molecule has 2 aromatic carbocycles. The second-order valence-electron chi connectivity index (χ2n) is 10.6.